The maximum atomic E-state index is 12.2. The first kappa shape index (κ1) is 16.2. The minimum atomic E-state index is -0.472. The van der Waals surface area contributed by atoms with Gasteiger partial charge in [0.05, 0.1) is 12.7 Å². The van der Waals surface area contributed by atoms with Crippen LogP contribution in [0.3, 0.4) is 0 Å². The SMILES string of the molecule is COC(=O)c1cccc(NC(=O)c2ccc(NC(C)=O)cc2)c1. The molecule has 0 aliphatic heterocycles. The average molecular weight is 312 g/mol. The first-order valence-corrected chi connectivity index (χ1v) is 6.87. The molecule has 23 heavy (non-hydrogen) atoms. The molecule has 2 rings (SSSR count). The van der Waals surface area contributed by atoms with E-state index in [2.05, 4.69) is 15.4 Å². The van der Waals surface area contributed by atoms with Gasteiger partial charge in [-0.3, -0.25) is 9.59 Å². The standard InChI is InChI=1S/C17H16N2O4/c1-11(20)18-14-8-6-12(7-9-14)16(21)19-15-5-3-4-13(10-15)17(22)23-2/h3-10H,1-2H3,(H,18,20)(H,19,21). The van der Waals surface area contributed by atoms with E-state index in [9.17, 15) is 14.4 Å². The van der Waals surface area contributed by atoms with Gasteiger partial charge in [0.15, 0.2) is 0 Å². The molecule has 0 saturated heterocycles. The molecule has 6 nitrogen and oxygen atoms in total. The van der Waals surface area contributed by atoms with Crippen molar-refractivity contribution >= 4 is 29.2 Å². The number of esters is 1. The first-order chi connectivity index (χ1) is 11.0. The van der Waals surface area contributed by atoms with E-state index in [0.29, 0.717) is 22.5 Å². The molecule has 6 heteroatoms. The number of benzene rings is 2. The molecule has 2 aromatic rings. The third kappa shape index (κ3) is 4.41. The van der Waals surface area contributed by atoms with Crippen molar-refractivity contribution in [2.45, 2.75) is 6.92 Å². The molecule has 2 aromatic carbocycles. The normalized spacial score (nSPS) is 9.83. The second kappa shape index (κ2) is 7.22. The van der Waals surface area contributed by atoms with Crippen LogP contribution in [0.4, 0.5) is 11.4 Å². The highest BCUT2D eigenvalue weighted by Crippen LogP contribution is 2.15. The second-order valence-electron chi connectivity index (χ2n) is 4.79. The summed E-state index contributed by atoms with van der Waals surface area (Å²) in [5.41, 5.74) is 1.89. The van der Waals surface area contributed by atoms with Gasteiger partial charge in [-0.05, 0) is 42.5 Å². The van der Waals surface area contributed by atoms with Crippen LogP contribution >= 0.6 is 0 Å². The number of methoxy groups -OCH3 is 1. The van der Waals surface area contributed by atoms with Gasteiger partial charge < -0.3 is 15.4 Å². The van der Waals surface area contributed by atoms with Crippen molar-refractivity contribution in [1.82, 2.24) is 0 Å². The quantitative estimate of drug-likeness (QED) is 0.850. The highest BCUT2D eigenvalue weighted by atomic mass is 16.5. The van der Waals surface area contributed by atoms with Crippen LogP contribution in [0.15, 0.2) is 48.5 Å². The van der Waals surface area contributed by atoms with Crippen LogP contribution in [0.1, 0.15) is 27.6 Å². The van der Waals surface area contributed by atoms with E-state index < -0.39 is 5.97 Å². The third-order valence-corrected chi connectivity index (χ3v) is 3.01. The van der Waals surface area contributed by atoms with Crippen molar-refractivity contribution in [1.29, 1.82) is 0 Å². The fourth-order valence-corrected chi connectivity index (χ4v) is 1.95. The highest BCUT2D eigenvalue weighted by Gasteiger charge is 2.09. The van der Waals surface area contributed by atoms with Crippen LogP contribution in [0, 0.1) is 0 Å². The molecule has 2 N–H and O–H groups in total. The van der Waals surface area contributed by atoms with Crippen molar-refractivity contribution in [3.63, 3.8) is 0 Å². The zero-order valence-corrected chi connectivity index (χ0v) is 12.8. The molecule has 0 unspecified atom stereocenters. The fourth-order valence-electron chi connectivity index (χ4n) is 1.95. The summed E-state index contributed by atoms with van der Waals surface area (Å²) in [6.07, 6.45) is 0. The van der Waals surface area contributed by atoms with E-state index in [1.165, 1.54) is 20.1 Å². The van der Waals surface area contributed by atoms with Crippen LogP contribution in [0.2, 0.25) is 0 Å². The van der Waals surface area contributed by atoms with Gasteiger partial charge in [-0.25, -0.2) is 4.79 Å². The zero-order valence-electron chi connectivity index (χ0n) is 12.8. The lowest BCUT2D eigenvalue weighted by molar-refractivity contribution is -0.114. The monoisotopic (exact) mass is 312 g/mol. The van der Waals surface area contributed by atoms with Crippen LogP contribution in [0.25, 0.3) is 0 Å². The van der Waals surface area contributed by atoms with E-state index in [1.807, 2.05) is 0 Å². The number of ether oxygens (including phenoxy) is 1. The van der Waals surface area contributed by atoms with E-state index in [1.54, 1.807) is 42.5 Å². The summed E-state index contributed by atoms with van der Waals surface area (Å²) in [7, 11) is 1.30. The number of nitrogens with one attached hydrogen (secondary N) is 2. The summed E-state index contributed by atoms with van der Waals surface area (Å²) in [5, 5.41) is 5.33. The van der Waals surface area contributed by atoms with Gasteiger partial charge in [-0.2, -0.15) is 0 Å². The number of amides is 2. The largest absolute Gasteiger partial charge is 0.465 e. The topological polar surface area (TPSA) is 84.5 Å². The van der Waals surface area contributed by atoms with Crippen LogP contribution < -0.4 is 10.6 Å². The summed E-state index contributed by atoms with van der Waals surface area (Å²) in [4.78, 5) is 34.6. The maximum Gasteiger partial charge on any atom is 0.337 e. The molecule has 2 amide bonds. The maximum absolute atomic E-state index is 12.2. The summed E-state index contributed by atoms with van der Waals surface area (Å²) in [6.45, 7) is 1.41. The Hall–Kier alpha value is -3.15. The predicted octanol–water partition coefficient (Wildman–Crippen LogP) is 2.68. The Morgan fingerprint density at radius 3 is 2.17 bits per heavy atom. The Labute approximate surface area is 133 Å². The molecule has 118 valence electrons. The van der Waals surface area contributed by atoms with E-state index in [4.69, 9.17) is 0 Å². The Morgan fingerprint density at radius 2 is 1.57 bits per heavy atom. The molecule has 0 saturated carbocycles. The molecule has 0 atom stereocenters. The highest BCUT2D eigenvalue weighted by molar-refractivity contribution is 6.05. The number of hydrogen-bond donors (Lipinski definition) is 2. The molecule has 0 fully saturated rings. The molecule has 0 bridgehead atoms. The lowest BCUT2D eigenvalue weighted by atomic mass is 10.1. The smallest absolute Gasteiger partial charge is 0.337 e. The zero-order chi connectivity index (χ0) is 16.8. The third-order valence-electron chi connectivity index (χ3n) is 3.01. The fraction of sp³-hybridized carbons (Fsp3) is 0.118. The van der Waals surface area contributed by atoms with Gasteiger partial charge in [0.1, 0.15) is 0 Å². The van der Waals surface area contributed by atoms with E-state index in [-0.39, 0.29) is 11.8 Å². The van der Waals surface area contributed by atoms with Crippen molar-refractivity contribution in [3.05, 3.63) is 59.7 Å². The van der Waals surface area contributed by atoms with Crippen molar-refractivity contribution < 1.29 is 19.1 Å². The average Bonchev–Trinajstić information content (AvgIpc) is 2.54. The minimum absolute atomic E-state index is 0.179. The van der Waals surface area contributed by atoms with E-state index in [0.717, 1.165) is 0 Å². The van der Waals surface area contributed by atoms with Crippen LogP contribution in [0.5, 0.6) is 0 Å². The predicted molar refractivity (Wildman–Crippen MR) is 86.5 cm³/mol. The first-order valence-electron chi connectivity index (χ1n) is 6.87. The molecule has 0 spiro atoms. The lowest BCUT2D eigenvalue weighted by Gasteiger charge is -2.08. The summed E-state index contributed by atoms with van der Waals surface area (Å²) >= 11 is 0. The second-order valence-corrected chi connectivity index (χ2v) is 4.79. The van der Waals surface area contributed by atoms with Gasteiger partial charge in [0.25, 0.3) is 5.91 Å². The molecule has 0 radical (unpaired) electrons. The lowest BCUT2D eigenvalue weighted by Crippen LogP contribution is -2.13. The van der Waals surface area contributed by atoms with Gasteiger partial charge in [-0.1, -0.05) is 6.07 Å². The Kier molecular flexibility index (Phi) is 5.09. The Bertz CT molecular complexity index is 739. The molecular formula is C17H16N2O4. The van der Waals surface area contributed by atoms with Gasteiger partial charge in [-0.15, -0.1) is 0 Å². The number of carbonyl (C=O) groups excluding carboxylic acids is 3. The summed E-state index contributed by atoms with van der Waals surface area (Å²) in [5.74, 6) is -0.969. The molecule has 0 aliphatic rings. The van der Waals surface area contributed by atoms with Gasteiger partial charge in [0, 0.05) is 23.9 Å². The molecule has 0 aromatic heterocycles. The number of anilines is 2. The number of rotatable bonds is 4. The van der Waals surface area contributed by atoms with Crippen LogP contribution in [-0.4, -0.2) is 24.9 Å². The number of hydrogen-bond acceptors (Lipinski definition) is 4. The van der Waals surface area contributed by atoms with Crippen molar-refractivity contribution in [2.75, 3.05) is 17.7 Å². The Morgan fingerprint density at radius 1 is 0.870 bits per heavy atom. The molecular weight excluding hydrogens is 296 g/mol. The van der Waals surface area contributed by atoms with Crippen molar-refractivity contribution in [2.24, 2.45) is 0 Å². The summed E-state index contributed by atoms with van der Waals surface area (Å²) < 4.78 is 4.64. The van der Waals surface area contributed by atoms with Crippen LogP contribution in [-0.2, 0) is 9.53 Å². The molecule has 0 heterocycles. The van der Waals surface area contributed by atoms with Gasteiger partial charge in [0.2, 0.25) is 5.91 Å². The Balaban J connectivity index is 2.09. The van der Waals surface area contributed by atoms with E-state index >= 15 is 0 Å². The number of carbonyl (C=O) groups is 3. The molecule has 0 aliphatic carbocycles. The van der Waals surface area contributed by atoms with Gasteiger partial charge >= 0.3 is 5.97 Å². The summed E-state index contributed by atoms with van der Waals surface area (Å²) in [6, 6.07) is 13.0. The minimum Gasteiger partial charge on any atom is -0.465 e. The van der Waals surface area contributed by atoms with Crippen molar-refractivity contribution in [3.8, 4) is 0 Å².